The SMILES string of the molecule is COc1ccc(-c2noc(C3(N)CC3)n2)cc1OC.Cl. The van der Waals surface area contributed by atoms with Crippen molar-refractivity contribution in [2.45, 2.75) is 18.4 Å². The summed E-state index contributed by atoms with van der Waals surface area (Å²) in [6.45, 7) is 0. The van der Waals surface area contributed by atoms with Crippen molar-refractivity contribution in [2.75, 3.05) is 14.2 Å². The van der Waals surface area contributed by atoms with E-state index in [0.29, 0.717) is 23.2 Å². The van der Waals surface area contributed by atoms with E-state index in [2.05, 4.69) is 10.1 Å². The molecule has 2 N–H and O–H groups in total. The molecule has 0 saturated heterocycles. The molecule has 6 nitrogen and oxygen atoms in total. The van der Waals surface area contributed by atoms with Crippen molar-refractivity contribution >= 4 is 12.4 Å². The number of aromatic nitrogens is 2. The van der Waals surface area contributed by atoms with Crippen LogP contribution in [0.15, 0.2) is 22.7 Å². The highest BCUT2D eigenvalue weighted by Crippen LogP contribution is 2.42. The van der Waals surface area contributed by atoms with E-state index in [9.17, 15) is 0 Å². The second kappa shape index (κ2) is 5.30. The van der Waals surface area contributed by atoms with E-state index in [-0.39, 0.29) is 12.4 Å². The Morgan fingerprint density at radius 1 is 1.20 bits per heavy atom. The summed E-state index contributed by atoms with van der Waals surface area (Å²) in [5.41, 5.74) is 6.41. The molecule has 0 amide bonds. The molecule has 1 aliphatic carbocycles. The highest BCUT2D eigenvalue weighted by atomic mass is 35.5. The summed E-state index contributed by atoms with van der Waals surface area (Å²) in [6, 6.07) is 5.47. The van der Waals surface area contributed by atoms with Gasteiger partial charge < -0.3 is 19.7 Å². The number of methoxy groups -OCH3 is 2. The lowest BCUT2D eigenvalue weighted by atomic mass is 10.2. The number of hydrogen-bond donors (Lipinski definition) is 1. The number of ether oxygens (including phenoxy) is 2. The molecule has 2 aromatic rings. The zero-order chi connectivity index (χ0) is 13.5. The van der Waals surface area contributed by atoms with Crippen molar-refractivity contribution in [2.24, 2.45) is 5.73 Å². The quantitative estimate of drug-likeness (QED) is 0.930. The predicted molar refractivity (Wildman–Crippen MR) is 75.2 cm³/mol. The monoisotopic (exact) mass is 297 g/mol. The van der Waals surface area contributed by atoms with E-state index in [0.717, 1.165) is 18.4 Å². The highest BCUT2D eigenvalue weighted by Gasteiger charge is 2.45. The van der Waals surface area contributed by atoms with Crippen LogP contribution in [0.3, 0.4) is 0 Å². The van der Waals surface area contributed by atoms with Crippen molar-refractivity contribution in [1.29, 1.82) is 0 Å². The molecule has 3 rings (SSSR count). The number of rotatable bonds is 4. The van der Waals surface area contributed by atoms with Gasteiger partial charge in [-0.3, -0.25) is 0 Å². The zero-order valence-electron chi connectivity index (χ0n) is 11.3. The van der Waals surface area contributed by atoms with Crippen molar-refractivity contribution in [1.82, 2.24) is 10.1 Å². The van der Waals surface area contributed by atoms with E-state index < -0.39 is 5.54 Å². The fourth-order valence-corrected chi connectivity index (χ4v) is 1.87. The third-order valence-corrected chi connectivity index (χ3v) is 3.28. The van der Waals surface area contributed by atoms with Gasteiger partial charge in [0.2, 0.25) is 11.7 Å². The maximum Gasteiger partial charge on any atom is 0.247 e. The van der Waals surface area contributed by atoms with Crippen molar-refractivity contribution < 1.29 is 14.0 Å². The first-order valence-corrected chi connectivity index (χ1v) is 6.02. The van der Waals surface area contributed by atoms with Crippen LogP contribution < -0.4 is 15.2 Å². The first-order chi connectivity index (χ1) is 9.16. The maximum atomic E-state index is 6.02. The molecule has 0 spiro atoms. The molecule has 0 bridgehead atoms. The van der Waals surface area contributed by atoms with Crippen LogP contribution in [0, 0.1) is 0 Å². The van der Waals surface area contributed by atoms with Gasteiger partial charge in [-0.25, -0.2) is 0 Å². The van der Waals surface area contributed by atoms with E-state index >= 15 is 0 Å². The van der Waals surface area contributed by atoms with Crippen LogP contribution in [-0.4, -0.2) is 24.4 Å². The van der Waals surface area contributed by atoms with Gasteiger partial charge in [-0.1, -0.05) is 5.16 Å². The van der Waals surface area contributed by atoms with Crippen molar-refractivity contribution in [3.63, 3.8) is 0 Å². The number of hydrogen-bond acceptors (Lipinski definition) is 6. The van der Waals surface area contributed by atoms with Crippen LogP contribution in [0.5, 0.6) is 11.5 Å². The number of nitrogens with two attached hydrogens (primary N) is 1. The first-order valence-electron chi connectivity index (χ1n) is 6.02. The fourth-order valence-electron chi connectivity index (χ4n) is 1.87. The van der Waals surface area contributed by atoms with Gasteiger partial charge in [0.15, 0.2) is 11.5 Å². The summed E-state index contributed by atoms with van der Waals surface area (Å²) in [5.74, 6) is 2.29. The summed E-state index contributed by atoms with van der Waals surface area (Å²) in [7, 11) is 3.18. The van der Waals surface area contributed by atoms with E-state index in [1.54, 1.807) is 20.3 Å². The lowest BCUT2D eigenvalue weighted by molar-refractivity contribution is 0.348. The molecular weight excluding hydrogens is 282 g/mol. The Kier molecular flexibility index (Phi) is 3.87. The van der Waals surface area contributed by atoms with Gasteiger partial charge in [0.05, 0.1) is 19.8 Å². The molecule has 0 radical (unpaired) electrons. The summed E-state index contributed by atoms with van der Waals surface area (Å²) < 4.78 is 15.7. The molecule has 0 aliphatic heterocycles. The van der Waals surface area contributed by atoms with Crippen LogP contribution in [0.1, 0.15) is 18.7 Å². The Labute approximate surface area is 122 Å². The Balaban J connectivity index is 0.00000147. The van der Waals surface area contributed by atoms with Gasteiger partial charge >= 0.3 is 0 Å². The van der Waals surface area contributed by atoms with Gasteiger partial charge in [-0.15, -0.1) is 12.4 Å². The Morgan fingerprint density at radius 2 is 1.90 bits per heavy atom. The summed E-state index contributed by atoms with van der Waals surface area (Å²) in [5, 5.41) is 3.96. The summed E-state index contributed by atoms with van der Waals surface area (Å²) >= 11 is 0. The average molecular weight is 298 g/mol. The molecule has 1 saturated carbocycles. The van der Waals surface area contributed by atoms with Crippen LogP contribution in [0.25, 0.3) is 11.4 Å². The Hall–Kier alpha value is -1.79. The molecule has 108 valence electrons. The van der Waals surface area contributed by atoms with Crippen LogP contribution in [0.4, 0.5) is 0 Å². The molecule has 1 aliphatic rings. The number of halogens is 1. The van der Waals surface area contributed by atoms with E-state index in [1.165, 1.54) is 0 Å². The van der Waals surface area contributed by atoms with E-state index in [1.807, 2.05) is 12.1 Å². The fraction of sp³-hybridized carbons (Fsp3) is 0.385. The second-order valence-corrected chi connectivity index (χ2v) is 4.65. The standard InChI is InChI=1S/C13H15N3O3.ClH/c1-17-9-4-3-8(7-10(9)18-2)11-15-12(19-16-11)13(14)5-6-13;/h3-4,7H,5-6,14H2,1-2H3;1H. The van der Waals surface area contributed by atoms with Crippen LogP contribution >= 0.6 is 12.4 Å². The Bertz CT molecular complexity index is 611. The second-order valence-electron chi connectivity index (χ2n) is 4.65. The third-order valence-electron chi connectivity index (χ3n) is 3.28. The molecule has 0 unspecified atom stereocenters. The maximum absolute atomic E-state index is 6.02. The van der Waals surface area contributed by atoms with Gasteiger partial charge in [0.1, 0.15) is 0 Å². The smallest absolute Gasteiger partial charge is 0.247 e. The summed E-state index contributed by atoms with van der Waals surface area (Å²) in [6.07, 6.45) is 1.78. The summed E-state index contributed by atoms with van der Waals surface area (Å²) in [4.78, 5) is 4.35. The van der Waals surface area contributed by atoms with Crippen molar-refractivity contribution in [3.8, 4) is 22.9 Å². The highest BCUT2D eigenvalue weighted by molar-refractivity contribution is 5.85. The predicted octanol–water partition coefficient (Wildman–Crippen LogP) is 2.12. The number of benzene rings is 1. The molecular formula is C13H16ClN3O3. The zero-order valence-corrected chi connectivity index (χ0v) is 12.1. The molecule has 1 fully saturated rings. The van der Waals surface area contributed by atoms with E-state index in [4.69, 9.17) is 19.7 Å². The molecule has 1 aromatic heterocycles. The molecule has 0 atom stereocenters. The first kappa shape index (κ1) is 14.6. The minimum Gasteiger partial charge on any atom is -0.493 e. The van der Waals surface area contributed by atoms with Crippen LogP contribution in [-0.2, 0) is 5.54 Å². The number of nitrogens with zero attached hydrogens (tertiary/aromatic N) is 2. The van der Waals surface area contributed by atoms with Gasteiger partial charge in [0, 0.05) is 5.56 Å². The van der Waals surface area contributed by atoms with Gasteiger partial charge in [-0.2, -0.15) is 4.98 Å². The lowest BCUT2D eigenvalue weighted by Gasteiger charge is -2.07. The van der Waals surface area contributed by atoms with Gasteiger partial charge in [-0.05, 0) is 31.0 Å². The van der Waals surface area contributed by atoms with Gasteiger partial charge in [0.25, 0.3) is 0 Å². The normalized spacial score (nSPS) is 15.3. The third kappa shape index (κ3) is 2.44. The van der Waals surface area contributed by atoms with Crippen molar-refractivity contribution in [3.05, 3.63) is 24.1 Å². The lowest BCUT2D eigenvalue weighted by Crippen LogP contribution is -2.18. The topological polar surface area (TPSA) is 83.4 Å². The largest absolute Gasteiger partial charge is 0.493 e. The molecule has 7 heteroatoms. The average Bonchev–Trinajstić information content (AvgIpc) is 3.00. The molecule has 1 heterocycles. The molecule has 1 aromatic carbocycles. The molecule has 20 heavy (non-hydrogen) atoms. The minimum absolute atomic E-state index is 0. The minimum atomic E-state index is -0.415. The van der Waals surface area contributed by atoms with Crippen LogP contribution in [0.2, 0.25) is 0 Å². The Morgan fingerprint density at radius 3 is 2.50 bits per heavy atom.